The number of ether oxygens (including phenoxy) is 2. The fourth-order valence-electron chi connectivity index (χ4n) is 4.04. The maximum atomic E-state index is 13.7. The van der Waals surface area contributed by atoms with Gasteiger partial charge in [-0.1, -0.05) is 25.1 Å². The summed E-state index contributed by atoms with van der Waals surface area (Å²) in [7, 11) is 1.55. The van der Waals surface area contributed by atoms with Crippen molar-refractivity contribution in [2.45, 2.75) is 33.2 Å². The van der Waals surface area contributed by atoms with Crippen molar-refractivity contribution >= 4 is 28.7 Å². The lowest BCUT2D eigenvalue weighted by molar-refractivity contribution is -0.117. The van der Waals surface area contributed by atoms with Crippen LogP contribution in [0.15, 0.2) is 59.9 Å². The predicted octanol–water partition coefficient (Wildman–Crippen LogP) is 5.34. The van der Waals surface area contributed by atoms with Crippen LogP contribution in [-0.2, 0) is 4.79 Å². The number of aliphatic hydroxyl groups excluding tert-OH is 1. The Balaban J connectivity index is 1.86. The number of methoxy groups -OCH3 is 1. The van der Waals surface area contributed by atoms with E-state index in [1.165, 1.54) is 16.2 Å². The van der Waals surface area contributed by atoms with E-state index in [9.17, 15) is 14.7 Å². The van der Waals surface area contributed by atoms with Crippen molar-refractivity contribution in [3.05, 3.63) is 81.0 Å². The summed E-state index contributed by atoms with van der Waals surface area (Å²) in [6, 6.07) is 13.4. The van der Waals surface area contributed by atoms with Gasteiger partial charge in [-0.25, -0.2) is 4.98 Å². The van der Waals surface area contributed by atoms with Gasteiger partial charge in [-0.2, -0.15) is 0 Å². The molecule has 3 aromatic rings. The van der Waals surface area contributed by atoms with Crippen LogP contribution in [0.5, 0.6) is 11.5 Å². The molecule has 4 rings (SSSR count). The van der Waals surface area contributed by atoms with E-state index >= 15 is 0 Å². The maximum absolute atomic E-state index is 13.7. The van der Waals surface area contributed by atoms with Gasteiger partial charge in [0, 0.05) is 11.8 Å². The van der Waals surface area contributed by atoms with Gasteiger partial charge in [-0.05, 0) is 50.1 Å². The van der Waals surface area contributed by atoms with Gasteiger partial charge in [0.2, 0.25) is 5.78 Å². The Bertz CT molecular complexity index is 1280. The van der Waals surface area contributed by atoms with E-state index in [1.54, 1.807) is 50.4 Å². The van der Waals surface area contributed by atoms with E-state index < -0.39 is 23.5 Å². The number of hydrogen-bond acceptors (Lipinski definition) is 7. The van der Waals surface area contributed by atoms with Crippen LogP contribution in [0, 0.1) is 13.8 Å². The molecule has 1 aliphatic rings. The third kappa shape index (κ3) is 4.28. The second-order valence-corrected chi connectivity index (χ2v) is 9.14. The zero-order valence-electron chi connectivity index (χ0n) is 19.5. The number of aromatic nitrogens is 1. The molecule has 1 aromatic heterocycles. The summed E-state index contributed by atoms with van der Waals surface area (Å²) in [6.07, 6.45) is 0.841. The molecular formula is C26H26N2O5S. The highest BCUT2D eigenvalue weighted by molar-refractivity contribution is 7.14. The van der Waals surface area contributed by atoms with Gasteiger partial charge in [0.25, 0.3) is 5.91 Å². The van der Waals surface area contributed by atoms with Crippen molar-refractivity contribution in [2.75, 3.05) is 18.6 Å². The average Bonchev–Trinajstić information content (AvgIpc) is 3.32. The van der Waals surface area contributed by atoms with Crippen LogP contribution >= 0.6 is 11.3 Å². The van der Waals surface area contributed by atoms with Gasteiger partial charge in [-0.3, -0.25) is 14.5 Å². The summed E-state index contributed by atoms with van der Waals surface area (Å²) in [5.74, 6) is -0.453. The first kappa shape index (κ1) is 23.5. The third-order valence-corrected chi connectivity index (χ3v) is 6.61. The van der Waals surface area contributed by atoms with E-state index in [0.717, 1.165) is 11.4 Å². The average molecular weight is 479 g/mol. The molecule has 0 aliphatic carbocycles. The minimum atomic E-state index is -0.849. The van der Waals surface area contributed by atoms with Crippen LogP contribution in [0.25, 0.3) is 0 Å². The number of ketones is 1. The van der Waals surface area contributed by atoms with Crippen molar-refractivity contribution in [3.8, 4) is 11.5 Å². The van der Waals surface area contributed by atoms with Gasteiger partial charge in [0.15, 0.2) is 5.76 Å². The number of thiazole rings is 1. The van der Waals surface area contributed by atoms with Gasteiger partial charge in [0.1, 0.15) is 11.5 Å². The van der Waals surface area contributed by atoms with Crippen molar-refractivity contribution in [2.24, 2.45) is 0 Å². The molecule has 1 unspecified atom stereocenters. The quantitative estimate of drug-likeness (QED) is 0.440. The zero-order valence-corrected chi connectivity index (χ0v) is 20.3. The summed E-state index contributed by atoms with van der Waals surface area (Å²) in [6.45, 7) is 6.11. The molecule has 1 amide bonds. The standard InChI is InChI=1S/C26H26N2O5S/c1-5-12-33-20-11-7-9-18(14-20)28-22(17-8-6-10-19(13-17)32-4)21(24(30)26(28)31)23(29)25-15(2)27-16(3)34-25/h6-11,13-14,22,30H,5,12H2,1-4H3. The van der Waals surface area contributed by atoms with E-state index in [2.05, 4.69) is 4.98 Å². The number of aliphatic hydroxyl groups is 1. The highest BCUT2D eigenvalue weighted by atomic mass is 32.1. The van der Waals surface area contributed by atoms with Crippen LogP contribution < -0.4 is 14.4 Å². The highest BCUT2D eigenvalue weighted by Crippen LogP contribution is 2.44. The summed E-state index contributed by atoms with van der Waals surface area (Å²) < 4.78 is 11.1. The SMILES string of the molecule is CCCOc1cccc(N2C(=O)C(O)=C(C(=O)c3sc(C)nc3C)C2c2cccc(OC)c2)c1. The van der Waals surface area contributed by atoms with Gasteiger partial charge in [0.05, 0.1) is 40.9 Å². The number of benzene rings is 2. The van der Waals surface area contributed by atoms with E-state index in [0.29, 0.717) is 39.9 Å². The van der Waals surface area contributed by atoms with Crippen LogP contribution in [-0.4, -0.2) is 35.5 Å². The van der Waals surface area contributed by atoms with Crippen molar-refractivity contribution in [1.29, 1.82) is 0 Å². The molecule has 1 atom stereocenters. The summed E-state index contributed by atoms with van der Waals surface area (Å²) >= 11 is 1.25. The number of anilines is 1. The molecule has 0 bridgehead atoms. The largest absolute Gasteiger partial charge is 0.503 e. The fourth-order valence-corrected chi connectivity index (χ4v) is 4.91. The van der Waals surface area contributed by atoms with Crippen LogP contribution in [0.4, 0.5) is 5.69 Å². The summed E-state index contributed by atoms with van der Waals surface area (Å²) in [5.41, 5.74) is 1.74. The number of Topliss-reactive ketones (excluding diaryl/α,β-unsaturated/α-hetero) is 1. The molecule has 8 heteroatoms. The first-order valence-corrected chi connectivity index (χ1v) is 11.8. The lowest BCUT2D eigenvalue weighted by Gasteiger charge is -2.27. The first-order chi connectivity index (χ1) is 16.3. The van der Waals surface area contributed by atoms with Crippen molar-refractivity contribution in [3.63, 3.8) is 0 Å². The van der Waals surface area contributed by atoms with E-state index in [4.69, 9.17) is 9.47 Å². The Kier molecular flexibility index (Phi) is 6.70. The Morgan fingerprint density at radius 1 is 1.15 bits per heavy atom. The monoisotopic (exact) mass is 478 g/mol. The second kappa shape index (κ2) is 9.69. The highest BCUT2D eigenvalue weighted by Gasteiger charge is 2.45. The molecule has 2 aromatic carbocycles. The minimum absolute atomic E-state index is 0.0184. The number of carbonyl (C=O) groups is 2. The number of hydrogen-bond donors (Lipinski definition) is 1. The first-order valence-electron chi connectivity index (χ1n) is 11.0. The fraction of sp³-hybridized carbons (Fsp3) is 0.269. The van der Waals surface area contributed by atoms with E-state index in [-0.39, 0.29) is 5.57 Å². The number of amides is 1. The van der Waals surface area contributed by atoms with Gasteiger partial charge < -0.3 is 14.6 Å². The molecule has 0 saturated heterocycles. The Morgan fingerprint density at radius 3 is 2.56 bits per heavy atom. The zero-order chi connectivity index (χ0) is 24.4. The second-order valence-electron chi connectivity index (χ2n) is 7.94. The van der Waals surface area contributed by atoms with Crippen LogP contribution in [0.1, 0.15) is 45.3 Å². The smallest absolute Gasteiger partial charge is 0.294 e. The number of carbonyl (C=O) groups excluding carboxylic acids is 2. The maximum Gasteiger partial charge on any atom is 0.294 e. The Morgan fingerprint density at radius 2 is 1.88 bits per heavy atom. The van der Waals surface area contributed by atoms with Gasteiger partial charge >= 0.3 is 0 Å². The number of nitrogens with zero attached hydrogens (tertiary/aromatic N) is 2. The molecule has 1 aliphatic heterocycles. The molecule has 2 heterocycles. The molecule has 0 saturated carbocycles. The number of aryl methyl sites for hydroxylation is 2. The van der Waals surface area contributed by atoms with Crippen LogP contribution in [0.2, 0.25) is 0 Å². The van der Waals surface area contributed by atoms with Crippen molar-refractivity contribution < 1.29 is 24.2 Å². The molecule has 0 spiro atoms. The molecule has 7 nitrogen and oxygen atoms in total. The van der Waals surface area contributed by atoms with Crippen LogP contribution in [0.3, 0.4) is 0 Å². The van der Waals surface area contributed by atoms with Gasteiger partial charge in [-0.15, -0.1) is 11.3 Å². The lowest BCUT2D eigenvalue weighted by atomic mass is 9.94. The molecule has 0 radical (unpaired) electrons. The van der Waals surface area contributed by atoms with E-state index in [1.807, 2.05) is 26.0 Å². The Labute approximate surface area is 202 Å². The molecule has 34 heavy (non-hydrogen) atoms. The van der Waals surface area contributed by atoms with Crippen molar-refractivity contribution in [1.82, 2.24) is 4.98 Å². The third-order valence-electron chi connectivity index (χ3n) is 5.54. The Hall–Kier alpha value is -3.65. The molecule has 0 fully saturated rings. The predicted molar refractivity (Wildman–Crippen MR) is 131 cm³/mol. The topological polar surface area (TPSA) is 89.0 Å². The summed E-state index contributed by atoms with van der Waals surface area (Å²) in [4.78, 5) is 33.2. The molecule has 1 N–H and O–H groups in total. The summed E-state index contributed by atoms with van der Waals surface area (Å²) in [5, 5.41) is 11.7. The lowest BCUT2D eigenvalue weighted by Crippen LogP contribution is -2.31. The number of rotatable bonds is 8. The molecule has 176 valence electrons. The molecular weight excluding hydrogens is 452 g/mol. The minimum Gasteiger partial charge on any atom is -0.503 e. The normalized spacial score (nSPS) is 15.7.